The molecular formula is C42H27BF10N2. The van der Waals surface area contributed by atoms with Crippen molar-refractivity contribution < 1.29 is 43.9 Å². The fraction of sp³-hybridized carbons (Fsp3) is 0.0952. The van der Waals surface area contributed by atoms with E-state index < -0.39 is 75.9 Å². The van der Waals surface area contributed by atoms with Gasteiger partial charge in [-0.15, -0.1) is 0 Å². The molecule has 0 aromatic heterocycles. The molecule has 0 aliphatic carbocycles. The lowest BCUT2D eigenvalue weighted by Gasteiger charge is -2.38. The number of fused-ring (bicyclic) bond motifs is 3. The number of benzene rings is 7. The van der Waals surface area contributed by atoms with Crippen molar-refractivity contribution >= 4 is 62.1 Å². The summed E-state index contributed by atoms with van der Waals surface area (Å²) < 4.78 is 156. The minimum absolute atomic E-state index is 0.0922. The number of nitrogens with zero attached hydrogens (tertiary/aromatic N) is 1. The monoisotopic (exact) mass is 760 g/mol. The van der Waals surface area contributed by atoms with Gasteiger partial charge in [0.15, 0.2) is 58.2 Å². The van der Waals surface area contributed by atoms with E-state index >= 15 is 35.1 Å². The zero-order valence-electron chi connectivity index (χ0n) is 29.4. The van der Waals surface area contributed by atoms with Crippen LogP contribution >= 0.6 is 0 Å². The molecule has 278 valence electrons. The molecule has 1 N–H and O–H groups in total. The van der Waals surface area contributed by atoms with E-state index in [4.69, 9.17) is 0 Å². The second kappa shape index (κ2) is 14.0. The van der Waals surface area contributed by atoms with E-state index in [2.05, 4.69) is 5.32 Å². The van der Waals surface area contributed by atoms with Crippen molar-refractivity contribution in [1.82, 2.24) is 0 Å². The Morgan fingerprint density at radius 1 is 0.364 bits per heavy atom. The molecule has 13 heteroatoms. The molecule has 55 heavy (non-hydrogen) atoms. The molecular weight excluding hydrogens is 733 g/mol. The van der Waals surface area contributed by atoms with E-state index in [0.717, 1.165) is 4.81 Å². The van der Waals surface area contributed by atoms with Crippen molar-refractivity contribution in [3.05, 3.63) is 165 Å². The van der Waals surface area contributed by atoms with Gasteiger partial charge >= 0.3 is 6.85 Å². The van der Waals surface area contributed by atoms with Gasteiger partial charge in [-0.3, -0.25) is 0 Å². The number of hydrogen-bond acceptors (Lipinski definition) is 2. The molecule has 7 aromatic rings. The standard InChI is InChI=1S/C42H27BF10N2/c1-19-11-9-12-20(2)39(19)54-40-25-17-7-5-15-23(25)24-16-6-8-18-26(24)42(40)55(41-21(3)13-10-14-22(41)4)43(27-29(44)33(48)37(52)34(49)30(27)45)28-31(46)35(50)38(53)36(51)32(28)47/h5-18,54H,1-4H3. The van der Waals surface area contributed by atoms with Gasteiger partial charge in [-0.25, -0.2) is 43.9 Å². The summed E-state index contributed by atoms with van der Waals surface area (Å²) in [5.41, 5.74) is -1.42. The Kier molecular flexibility index (Phi) is 9.52. The third kappa shape index (κ3) is 5.84. The smallest absolute Gasteiger partial charge is 0.340 e. The number of aryl methyl sites for hydroxylation is 4. The minimum Gasteiger partial charge on any atom is -0.374 e. The SMILES string of the molecule is Cc1cccc(C)c1Nc1c(N(B(c2c(F)c(F)c(F)c(F)c2F)c2c(F)c(F)c(F)c(F)c2F)c2c(C)cccc2C)c2ccccc2c2ccccc12. The van der Waals surface area contributed by atoms with Gasteiger partial charge in [0.25, 0.3) is 0 Å². The van der Waals surface area contributed by atoms with Gasteiger partial charge in [0, 0.05) is 33.1 Å². The third-order valence-corrected chi connectivity index (χ3v) is 9.85. The molecule has 0 radical (unpaired) electrons. The highest BCUT2D eigenvalue weighted by atomic mass is 19.2. The molecule has 0 saturated carbocycles. The molecule has 0 saturated heterocycles. The van der Waals surface area contributed by atoms with Gasteiger partial charge in [0.2, 0.25) is 0 Å². The Hall–Kier alpha value is -5.98. The Bertz CT molecular complexity index is 2550. The van der Waals surface area contributed by atoms with Crippen LogP contribution in [-0.2, 0) is 0 Å². The average Bonchev–Trinajstić information content (AvgIpc) is 3.17. The average molecular weight is 760 g/mol. The molecule has 0 amide bonds. The van der Waals surface area contributed by atoms with Crippen molar-refractivity contribution in [2.75, 3.05) is 10.1 Å². The number of nitrogens with one attached hydrogen (secondary N) is 1. The fourth-order valence-corrected chi connectivity index (χ4v) is 7.32. The fourth-order valence-electron chi connectivity index (χ4n) is 7.32. The number of rotatable bonds is 7. The summed E-state index contributed by atoms with van der Waals surface area (Å²) in [6.07, 6.45) is 0. The summed E-state index contributed by atoms with van der Waals surface area (Å²) in [5.74, 6) is -25.4. The summed E-state index contributed by atoms with van der Waals surface area (Å²) in [6, 6.07) is 23.3. The van der Waals surface area contributed by atoms with Gasteiger partial charge in [-0.2, -0.15) is 0 Å². The summed E-state index contributed by atoms with van der Waals surface area (Å²) in [4.78, 5) is 0.895. The van der Waals surface area contributed by atoms with Crippen LogP contribution in [-0.4, -0.2) is 6.85 Å². The largest absolute Gasteiger partial charge is 0.374 e. The molecule has 0 unspecified atom stereocenters. The van der Waals surface area contributed by atoms with E-state index in [1.54, 1.807) is 86.6 Å². The lowest BCUT2D eigenvalue weighted by atomic mass is 9.47. The van der Waals surface area contributed by atoms with E-state index in [-0.39, 0.29) is 33.6 Å². The number of anilines is 4. The molecule has 0 fully saturated rings. The topological polar surface area (TPSA) is 15.3 Å². The molecule has 0 aliphatic heterocycles. The van der Waals surface area contributed by atoms with Crippen molar-refractivity contribution in [2.45, 2.75) is 27.7 Å². The lowest BCUT2D eigenvalue weighted by molar-refractivity contribution is 0.382. The van der Waals surface area contributed by atoms with Crippen LogP contribution in [0.1, 0.15) is 22.3 Å². The Balaban J connectivity index is 1.80. The Labute approximate surface area is 308 Å². The second-order valence-corrected chi connectivity index (χ2v) is 13.2. The maximum atomic E-state index is 16.3. The van der Waals surface area contributed by atoms with Crippen molar-refractivity contribution in [3.63, 3.8) is 0 Å². The maximum absolute atomic E-state index is 16.3. The van der Waals surface area contributed by atoms with E-state index in [1.807, 2.05) is 0 Å². The molecule has 0 spiro atoms. The van der Waals surface area contributed by atoms with Crippen LogP contribution in [0.15, 0.2) is 84.9 Å². The van der Waals surface area contributed by atoms with Crippen molar-refractivity contribution in [3.8, 4) is 0 Å². The first-order valence-electron chi connectivity index (χ1n) is 16.8. The predicted octanol–water partition coefficient (Wildman–Crippen LogP) is 11.3. The summed E-state index contributed by atoms with van der Waals surface area (Å²) >= 11 is 0. The molecule has 7 rings (SSSR count). The number of para-hydroxylation sites is 2. The van der Waals surface area contributed by atoms with E-state index in [1.165, 1.54) is 26.0 Å². The Morgan fingerprint density at radius 2 is 0.709 bits per heavy atom. The molecule has 2 nitrogen and oxygen atoms in total. The van der Waals surface area contributed by atoms with Crippen LogP contribution < -0.4 is 21.1 Å². The maximum Gasteiger partial charge on any atom is 0.340 e. The van der Waals surface area contributed by atoms with Gasteiger partial charge in [0.1, 0.15) is 0 Å². The number of hydrogen-bond donors (Lipinski definition) is 1. The highest BCUT2D eigenvalue weighted by molar-refractivity contribution is 6.89. The van der Waals surface area contributed by atoms with Gasteiger partial charge in [0.05, 0.1) is 11.4 Å². The first-order valence-corrected chi connectivity index (χ1v) is 16.8. The quantitative estimate of drug-likeness (QED) is 0.0435. The van der Waals surface area contributed by atoms with Crippen LogP contribution in [0.5, 0.6) is 0 Å². The van der Waals surface area contributed by atoms with Crippen LogP contribution in [0.4, 0.5) is 66.7 Å². The molecule has 0 heterocycles. The highest BCUT2D eigenvalue weighted by Gasteiger charge is 2.46. The molecule has 7 aromatic carbocycles. The summed E-state index contributed by atoms with van der Waals surface area (Å²) in [6.45, 7) is 3.65. The Morgan fingerprint density at radius 3 is 1.15 bits per heavy atom. The van der Waals surface area contributed by atoms with Gasteiger partial charge < -0.3 is 10.1 Å². The second-order valence-electron chi connectivity index (χ2n) is 13.2. The third-order valence-electron chi connectivity index (χ3n) is 9.85. The van der Waals surface area contributed by atoms with Crippen LogP contribution in [0.2, 0.25) is 0 Å². The summed E-state index contributed by atoms with van der Waals surface area (Å²) in [5, 5.41) is 5.09. The minimum atomic E-state index is -2.93. The predicted molar refractivity (Wildman–Crippen MR) is 196 cm³/mol. The molecule has 0 atom stereocenters. The molecule has 0 bridgehead atoms. The highest BCUT2D eigenvalue weighted by Crippen LogP contribution is 2.48. The zero-order valence-corrected chi connectivity index (χ0v) is 29.4. The van der Waals surface area contributed by atoms with Crippen molar-refractivity contribution in [1.29, 1.82) is 0 Å². The zero-order chi connectivity index (χ0) is 39.6. The number of halogens is 10. The van der Waals surface area contributed by atoms with Crippen LogP contribution in [0.3, 0.4) is 0 Å². The first-order chi connectivity index (χ1) is 26.2. The normalized spacial score (nSPS) is 11.5. The van der Waals surface area contributed by atoms with Crippen molar-refractivity contribution in [2.24, 2.45) is 0 Å². The molecule has 0 aliphatic rings. The van der Waals surface area contributed by atoms with Gasteiger partial charge in [-0.1, -0.05) is 84.9 Å². The van der Waals surface area contributed by atoms with E-state index in [0.29, 0.717) is 33.0 Å². The summed E-state index contributed by atoms with van der Waals surface area (Å²) in [7, 11) is 0. The van der Waals surface area contributed by atoms with E-state index in [9.17, 15) is 8.78 Å². The van der Waals surface area contributed by atoms with Crippen LogP contribution in [0, 0.1) is 85.9 Å². The van der Waals surface area contributed by atoms with Crippen LogP contribution in [0.25, 0.3) is 21.5 Å². The lowest BCUT2D eigenvalue weighted by Crippen LogP contribution is -2.60. The van der Waals surface area contributed by atoms with Gasteiger partial charge in [-0.05, 0) is 60.7 Å². The first kappa shape index (κ1) is 37.3.